The quantitative estimate of drug-likeness (QED) is 0.582. The van der Waals surface area contributed by atoms with Gasteiger partial charge in [0.25, 0.3) is 5.91 Å². The lowest BCUT2D eigenvalue weighted by Crippen LogP contribution is -2.47. The first kappa shape index (κ1) is 21.2. The average Bonchev–Trinajstić information content (AvgIpc) is 2.95. The number of carbonyl (C=O) groups is 1. The van der Waals surface area contributed by atoms with Gasteiger partial charge in [0, 0.05) is 31.8 Å². The van der Waals surface area contributed by atoms with Gasteiger partial charge in [-0.1, -0.05) is 56.2 Å². The van der Waals surface area contributed by atoms with Crippen LogP contribution in [0.15, 0.2) is 69.6 Å². The summed E-state index contributed by atoms with van der Waals surface area (Å²) in [5.74, 6) is 0.189. The molecule has 0 fully saturated rings. The number of aliphatic hydroxyl groups excluding tert-OH is 1. The molecular weight excluding hydrogens is 512 g/mol. The van der Waals surface area contributed by atoms with Crippen molar-refractivity contribution in [2.24, 2.45) is 0 Å². The van der Waals surface area contributed by atoms with Crippen LogP contribution in [-0.2, 0) is 10.2 Å². The highest BCUT2D eigenvalue weighted by molar-refractivity contribution is 9.12. The number of fused-ring (bicyclic) bond motifs is 3. The Bertz CT molecular complexity index is 1050. The maximum Gasteiger partial charge on any atom is 0.255 e. The smallest absolute Gasteiger partial charge is 0.255 e. The van der Waals surface area contributed by atoms with Crippen LogP contribution in [0.1, 0.15) is 12.5 Å². The van der Waals surface area contributed by atoms with E-state index in [2.05, 4.69) is 67.2 Å². The first-order valence-corrected chi connectivity index (χ1v) is 11.2. The van der Waals surface area contributed by atoms with Crippen molar-refractivity contribution in [1.29, 1.82) is 0 Å². The summed E-state index contributed by atoms with van der Waals surface area (Å²) in [4.78, 5) is 14.8. The van der Waals surface area contributed by atoms with E-state index in [1.807, 2.05) is 18.2 Å². The second kappa shape index (κ2) is 8.21. The minimum Gasteiger partial charge on any atom is -0.497 e. The number of carbonyl (C=O) groups excluding carboxylic acids is 1. The molecule has 30 heavy (non-hydrogen) atoms. The normalized spacial score (nSPS) is 22.8. The fourth-order valence-electron chi connectivity index (χ4n) is 4.22. The van der Waals surface area contributed by atoms with Crippen LogP contribution in [0.4, 0.5) is 11.4 Å². The fraction of sp³-hybridized carbons (Fsp3) is 0.261. The molecule has 4 rings (SSSR count). The number of nitrogens with one attached hydrogen (secondary N) is 1. The standard InChI is InChI=1S/C23H22Br2N2O3/c1-23-12-15(25)7-9-21(23)27(19-8-6-14(24)10-18(19)23)13-20(28)22(29)26-16-4-3-5-17(11-16)30-2/h3-12,20-21,28H,13H2,1-2H3,(H,26,29). The molecule has 0 spiro atoms. The molecule has 1 aliphatic heterocycles. The van der Waals surface area contributed by atoms with Gasteiger partial charge in [-0.3, -0.25) is 4.79 Å². The van der Waals surface area contributed by atoms with Gasteiger partial charge in [0.2, 0.25) is 0 Å². The largest absolute Gasteiger partial charge is 0.497 e. The number of methoxy groups -OCH3 is 1. The van der Waals surface area contributed by atoms with Crippen LogP contribution in [0.3, 0.4) is 0 Å². The van der Waals surface area contributed by atoms with E-state index < -0.39 is 12.0 Å². The van der Waals surface area contributed by atoms with Crippen LogP contribution in [0.5, 0.6) is 5.75 Å². The van der Waals surface area contributed by atoms with Gasteiger partial charge in [0.05, 0.1) is 19.7 Å². The molecule has 3 unspecified atom stereocenters. The van der Waals surface area contributed by atoms with Crippen molar-refractivity contribution >= 4 is 49.1 Å². The third-order valence-electron chi connectivity index (χ3n) is 5.68. The summed E-state index contributed by atoms with van der Waals surface area (Å²) < 4.78 is 7.21. The number of hydrogen-bond donors (Lipinski definition) is 2. The van der Waals surface area contributed by atoms with Gasteiger partial charge in [-0.2, -0.15) is 0 Å². The fourth-order valence-corrected chi connectivity index (χ4v) is 5.20. The minimum absolute atomic E-state index is 0.00219. The number of benzene rings is 2. The van der Waals surface area contributed by atoms with Gasteiger partial charge in [-0.25, -0.2) is 0 Å². The maximum atomic E-state index is 12.7. The van der Waals surface area contributed by atoms with Crippen LogP contribution < -0.4 is 15.0 Å². The molecule has 2 aromatic carbocycles. The summed E-state index contributed by atoms with van der Waals surface area (Å²) in [5, 5.41) is 13.5. The Morgan fingerprint density at radius 2 is 2.10 bits per heavy atom. The molecule has 156 valence electrons. The van der Waals surface area contributed by atoms with E-state index in [4.69, 9.17) is 4.74 Å². The Balaban J connectivity index is 1.58. The summed E-state index contributed by atoms with van der Waals surface area (Å²) in [6, 6.07) is 13.2. The van der Waals surface area contributed by atoms with Gasteiger partial charge >= 0.3 is 0 Å². The summed E-state index contributed by atoms with van der Waals surface area (Å²) in [6.07, 6.45) is 5.12. The second-order valence-electron chi connectivity index (χ2n) is 7.67. The number of anilines is 2. The average molecular weight is 534 g/mol. The molecule has 0 bridgehead atoms. The number of hydrogen-bond acceptors (Lipinski definition) is 4. The van der Waals surface area contributed by atoms with E-state index in [1.54, 1.807) is 31.4 Å². The molecule has 1 heterocycles. The number of nitrogens with zero attached hydrogens (tertiary/aromatic N) is 1. The summed E-state index contributed by atoms with van der Waals surface area (Å²) in [5.41, 5.74) is 2.49. The van der Waals surface area contributed by atoms with Crippen LogP contribution in [0.25, 0.3) is 0 Å². The number of amides is 1. The van der Waals surface area contributed by atoms with Crippen molar-refractivity contribution in [3.05, 3.63) is 75.2 Å². The molecule has 2 aromatic rings. The number of β-amino-alcohol motifs (C(OH)–C–C–N with tert-alkyl or cyclic N) is 1. The molecule has 2 N–H and O–H groups in total. The Labute approximate surface area is 192 Å². The summed E-state index contributed by atoms with van der Waals surface area (Å²) in [7, 11) is 1.57. The highest BCUT2D eigenvalue weighted by Crippen LogP contribution is 2.50. The molecular formula is C23H22Br2N2O3. The molecule has 0 saturated carbocycles. The lowest BCUT2D eigenvalue weighted by Gasteiger charge is -2.36. The third kappa shape index (κ3) is 3.82. The lowest BCUT2D eigenvalue weighted by molar-refractivity contribution is -0.123. The van der Waals surface area contributed by atoms with E-state index in [1.165, 1.54) is 0 Å². The first-order valence-electron chi connectivity index (χ1n) is 9.58. The molecule has 1 amide bonds. The molecule has 2 aliphatic rings. The molecule has 0 saturated heterocycles. The zero-order chi connectivity index (χ0) is 21.5. The third-order valence-corrected chi connectivity index (χ3v) is 6.67. The van der Waals surface area contributed by atoms with Gasteiger partial charge in [-0.15, -0.1) is 0 Å². The highest BCUT2D eigenvalue weighted by Gasteiger charge is 2.47. The molecule has 5 nitrogen and oxygen atoms in total. The second-order valence-corrected chi connectivity index (χ2v) is 9.50. The number of ether oxygens (including phenoxy) is 1. The molecule has 0 radical (unpaired) electrons. The van der Waals surface area contributed by atoms with E-state index in [-0.39, 0.29) is 18.0 Å². The number of halogens is 2. The van der Waals surface area contributed by atoms with Crippen molar-refractivity contribution in [2.45, 2.75) is 24.5 Å². The highest BCUT2D eigenvalue weighted by atomic mass is 79.9. The zero-order valence-corrected chi connectivity index (χ0v) is 19.8. The molecule has 3 atom stereocenters. The number of allylic oxidation sites excluding steroid dienone is 2. The van der Waals surface area contributed by atoms with Crippen LogP contribution in [0, 0.1) is 0 Å². The SMILES string of the molecule is COc1cccc(NC(=O)C(O)CN2c3ccc(Br)cc3C3(C)C=C(Br)C=CC23)c1. The Morgan fingerprint density at radius 3 is 2.87 bits per heavy atom. The zero-order valence-electron chi connectivity index (χ0n) is 16.6. The van der Waals surface area contributed by atoms with Crippen LogP contribution >= 0.6 is 31.9 Å². The van der Waals surface area contributed by atoms with E-state index in [0.717, 1.165) is 20.2 Å². The Kier molecular flexibility index (Phi) is 5.79. The molecule has 7 heteroatoms. The maximum absolute atomic E-state index is 12.7. The topological polar surface area (TPSA) is 61.8 Å². The van der Waals surface area contributed by atoms with E-state index in [9.17, 15) is 9.90 Å². The Hall–Kier alpha value is -2.09. The van der Waals surface area contributed by atoms with Crippen molar-refractivity contribution < 1.29 is 14.6 Å². The van der Waals surface area contributed by atoms with Gasteiger partial charge < -0.3 is 20.1 Å². The van der Waals surface area contributed by atoms with Gasteiger partial charge in [-0.05, 0) is 42.8 Å². The lowest BCUT2D eigenvalue weighted by atomic mass is 9.76. The molecule has 0 aromatic heterocycles. The van der Waals surface area contributed by atoms with E-state index in [0.29, 0.717) is 11.4 Å². The van der Waals surface area contributed by atoms with Crippen molar-refractivity contribution in [3.8, 4) is 5.75 Å². The minimum atomic E-state index is -1.20. The van der Waals surface area contributed by atoms with Gasteiger partial charge in [0.15, 0.2) is 6.10 Å². The van der Waals surface area contributed by atoms with E-state index >= 15 is 0 Å². The number of aliphatic hydroxyl groups is 1. The van der Waals surface area contributed by atoms with Crippen LogP contribution in [-0.4, -0.2) is 36.8 Å². The van der Waals surface area contributed by atoms with Crippen molar-refractivity contribution in [1.82, 2.24) is 0 Å². The first-order chi connectivity index (χ1) is 14.3. The monoisotopic (exact) mass is 532 g/mol. The van der Waals surface area contributed by atoms with Gasteiger partial charge in [0.1, 0.15) is 5.75 Å². The number of rotatable bonds is 5. The Morgan fingerprint density at radius 1 is 1.30 bits per heavy atom. The predicted molar refractivity (Wildman–Crippen MR) is 126 cm³/mol. The summed E-state index contributed by atoms with van der Waals surface area (Å²) in [6.45, 7) is 2.36. The van der Waals surface area contributed by atoms with Crippen molar-refractivity contribution in [2.75, 3.05) is 23.9 Å². The van der Waals surface area contributed by atoms with Crippen LogP contribution in [0.2, 0.25) is 0 Å². The summed E-state index contributed by atoms with van der Waals surface area (Å²) >= 11 is 7.16. The molecule has 1 aliphatic carbocycles. The predicted octanol–water partition coefficient (Wildman–Crippen LogP) is 4.75. The van der Waals surface area contributed by atoms with Crippen molar-refractivity contribution in [3.63, 3.8) is 0 Å².